The van der Waals surface area contributed by atoms with Crippen molar-refractivity contribution in [2.24, 2.45) is 10.9 Å². The number of aromatic nitrogens is 2. The molecule has 6 rings (SSSR count). The molecule has 7 heteroatoms. The van der Waals surface area contributed by atoms with Gasteiger partial charge in [-0.3, -0.25) is 10.3 Å². The molecule has 0 aromatic carbocycles. The van der Waals surface area contributed by atoms with Crippen LogP contribution in [0, 0.1) is 12.8 Å². The van der Waals surface area contributed by atoms with Gasteiger partial charge in [-0.05, 0) is 44.8 Å². The Morgan fingerprint density at radius 2 is 2.30 bits per heavy atom. The predicted octanol–water partition coefficient (Wildman–Crippen LogP) is 2.42. The van der Waals surface area contributed by atoms with Crippen molar-refractivity contribution < 1.29 is 4.84 Å². The minimum Gasteiger partial charge on any atom is -0.300 e. The average Bonchev–Trinajstić information content (AvgIpc) is 3.11. The van der Waals surface area contributed by atoms with Crippen molar-refractivity contribution in [1.82, 2.24) is 20.3 Å². The molecule has 0 amide bonds. The van der Waals surface area contributed by atoms with Gasteiger partial charge in [-0.25, -0.2) is 4.98 Å². The molecule has 2 aromatic heterocycles. The predicted molar refractivity (Wildman–Crippen MR) is 90.0 cm³/mol. The maximum Gasteiger partial charge on any atom is 0.252 e. The van der Waals surface area contributed by atoms with E-state index in [4.69, 9.17) is 4.84 Å². The summed E-state index contributed by atoms with van der Waals surface area (Å²) in [5.41, 5.74) is 2.95. The van der Waals surface area contributed by atoms with Crippen LogP contribution < -0.4 is 5.48 Å². The van der Waals surface area contributed by atoms with Gasteiger partial charge in [-0.1, -0.05) is 0 Å². The van der Waals surface area contributed by atoms with Gasteiger partial charge < -0.3 is 4.90 Å². The van der Waals surface area contributed by atoms with E-state index in [1.54, 1.807) is 11.3 Å². The fraction of sp³-hybridized carbons (Fsp3) is 0.562. The van der Waals surface area contributed by atoms with Gasteiger partial charge in [-0.15, -0.1) is 11.3 Å². The van der Waals surface area contributed by atoms with E-state index >= 15 is 0 Å². The maximum atomic E-state index is 6.02. The minimum atomic E-state index is -0.0983. The zero-order chi connectivity index (χ0) is 15.4. The minimum absolute atomic E-state index is 0.0983. The molecular formula is C16H19N5OS. The van der Waals surface area contributed by atoms with E-state index in [0.717, 1.165) is 29.0 Å². The topological polar surface area (TPSA) is 62.6 Å². The van der Waals surface area contributed by atoms with E-state index in [1.165, 1.54) is 30.8 Å². The lowest BCUT2D eigenvalue weighted by molar-refractivity contribution is -0.150. The summed E-state index contributed by atoms with van der Waals surface area (Å²) in [5.74, 6) is 2.01. The molecule has 6 nitrogen and oxygen atoms in total. The van der Waals surface area contributed by atoms with Crippen LogP contribution in [-0.2, 0) is 4.84 Å². The lowest BCUT2D eigenvalue weighted by Gasteiger charge is -2.49. The largest absolute Gasteiger partial charge is 0.300 e. The highest BCUT2D eigenvalue weighted by Gasteiger charge is 2.52. The summed E-state index contributed by atoms with van der Waals surface area (Å²) >= 11 is 1.68. The first kappa shape index (κ1) is 13.8. The summed E-state index contributed by atoms with van der Waals surface area (Å²) in [6.07, 6.45) is 5.14. The standard InChI is InChI=1S/C16H19N5OS/c1-10-6-11-8-17-15(19-14(11)23-10)18-13-7-16(22-20-13)9-21-4-2-12(16)3-5-21/h6,8,12H,2-5,7,9H2,1H3,(H,17,18,19,20). The molecule has 4 saturated heterocycles. The number of nitrogens with one attached hydrogen (secondary N) is 1. The Morgan fingerprint density at radius 1 is 1.43 bits per heavy atom. The summed E-state index contributed by atoms with van der Waals surface area (Å²) < 4.78 is 0. The van der Waals surface area contributed by atoms with E-state index in [9.17, 15) is 0 Å². The van der Waals surface area contributed by atoms with E-state index in [1.807, 2.05) is 6.20 Å². The molecule has 1 N–H and O–H groups in total. The number of aliphatic imine (C=N–C) groups is 1. The molecule has 2 aromatic rings. The van der Waals surface area contributed by atoms with E-state index in [0.29, 0.717) is 11.9 Å². The molecule has 4 fully saturated rings. The molecule has 0 radical (unpaired) electrons. The smallest absolute Gasteiger partial charge is 0.252 e. The fourth-order valence-corrected chi connectivity index (χ4v) is 4.99. The van der Waals surface area contributed by atoms with Crippen LogP contribution in [0.5, 0.6) is 0 Å². The third kappa shape index (κ3) is 2.26. The number of aryl methyl sites for hydroxylation is 1. The van der Waals surface area contributed by atoms with Gasteiger partial charge in [0.15, 0.2) is 0 Å². The number of thiophene rings is 1. The van der Waals surface area contributed by atoms with Crippen molar-refractivity contribution in [3.8, 4) is 0 Å². The van der Waals surface area contributed by atoms with Crippen molar-refractivity contribution in [2.75, 3.05) is 19.6 Å². The Kier molecular flexibility index (Phi) is 2.98. The van der Waals surface area contributed by atoms with Gasteiger partial charge in [0.2, 0.25) is 0 Å². The molecule has 4 aliphatic heterocycles. The second kappa shape index (κ2) is 4.96. The van der Waals surface area contributed by atoms with Crippen LogP contribution in [0.4, 0.5) is 5.95 Å². The first-order valence-electron chi connectivity index (χ1n) is 8.17. The third-order valence-electron chi connectivity index (χ3n) is 5.28. The Balaban J connectivity index is 1.42. The van der Waals surface area contributed by atoms with Gasteiger partial charge in [-0.2, -0.15) is 9.98 Å². The molecule has 0 saturated carbocycles. The van der Waals surface area contributed by atoms with Crippen molar-refractivity contribution in [1.29, 1.82) is 0 Å². The highest BCUT2D eigenvalue weighted by Crippen LogP contribution is 2.42. The number of amidine groups is 1. The van der Waals surface area contributed by atoms with Crippen LogP contribution >= 0.6 is 11.3 Å². The number of rotatable bonds is 1. The molecule has 4 aliphatic rings. The lowest BCUT2D eigenvalue weighted by Crippen LogP contribution is -2.59. The van der Waals surface area contributed by atoms with Gasteiger partial charge in [0.25, 0.3) is 5.95 Å². The number of nitrogens with zero attached hydrogens (tertiary/aromatic N) is 4. The highest BCUT2D eigenvalue weighted by molar-refractivity contribution is 7.18. The molecular weight excluding hydrogens is 310 g/mol. The highest BCUT2D eigenvalue weighted by atomic mass is 32.1. The Morgan fingerprint density at radius 3 is 3.09 bits per heavy atom. The van der Waals surface area contributed by atoms with Crippen LogP contribution in [-0.4, -0.2) is 45.9 Å². The molecule has 23 heavy (non-hydrogen) atoms. The average molecular weight is 329 g/mol. The molecule has 120 valence electrons. The monoisotopic (exact) mass is 329 g/mol. The second-order valence-electron chi connectivity index (χ2n) is 6.84. The lowest BCUT2D eigenvalue weighted by atomic mass is 9.74. The number of hydroxylamine groups is 1. The normalized spacial score (nSPS) is 34.6. The molecule has 1 spiro atoms. The zero-order valence-corrected chi connectivity index (χ0v) is 13.9. The quantitative estimate of drug-likeness (QED) is 0.870. The molecule has 6 heterocycles. The molecule has 1 atom stereocenters. The molecule has 0 aliphatic carbocycles. The molecule has 1 unspecified atom stereocenters. The number of piperidine rings is 3. The van der Waals surface area contributed by atoms with Crippen LogP contribution in [0.3, 0.4) is 0 Å². The third-order valence-corrected chi connectivity index (χ3v) is 6.24. The number of hydrogen-bond acceptors (Lipinski definition) is 6. The summed E-state index contributed by atoms with van der Waals surface area (Å²) in [7, 11) is 0. The van der Waals surface area contributed by atoms with Gasteiger partial charge in [0, 0.05) is 29.4 Å². The molecule has 2 bridgehead atoms. The second-order valence-corrected chi connectivity index (χ2v) is 8.08. The number of fused-ring (bicyclic) bond motifs is 3. The van der Waals surface area contributed by atoms with Crippen molar-refractivity contribution in [2.45, 2.75) is 31.8 Å². The summed E-state index contributed by atoms with van der Waals surface area (Å²) in [6, 6.07) is 2.11. The van der Waals surface area contributed by atoms with E-state index in [2.05, 4.69) is 38.3 Å². The maximum absolute atomic E-state index is 6.02. The fourth-order valence-electron chi connectivity index (χ4n) is 4.14. The van der Waals surface area contributed by atoms with Crippen molar-refractivity contribution in [3.63, 3.8) is 0 Å². The first-order chi connectivity index (χ1) is 11.2. The van der Waals surface area contributed by atoms with Crippen LogP contribution in [0.2, 0.25) is 0 Å². The summed E-state index contributed by atoms with van der Waals surface area (Å²) in [5, 5.41) is 1.08. The van der Waals surface area contributed by atoms with Crippen LogP contribution in [0.1, 0.15) is 24.1 Å². The van der Waals surface area contributed by atoms with Crippen LogP contribution in [0.25, 0.3) is 10.2 Å². The van der Waals surface area contributed by atoms with Gasteiger partial charge in [0.1, 0.15) is 16.3 Å². The van der Waals surface area contributed by atoms with Crippen LogP contribution in [0.15, 0.2) is 17.3 Å². The zero-order valence-electron chi connectivity index (χ0n) is 13.1. The first-order valence-corrected chi connectivity index (χ1v) is 8.99. The van der Waals surface area contributed by atoms with Gasteiger partial charge >= 0.3 is 0 Å². The Hall–Kier alpha value is -1.57. The van der Waals surface area contributed by atoms with Gasteiger partial charge in [0.05, 0.1) is 0 Å². The SMILES string of the molecule is Cc1cc2cnc(/N=C3/CC4(CN5CCC4CC5)ON3)nc2s1. The van der Waals surface area contributed by atoms with E-state index in [-0.39, 0.29) is 5.60 Å². The Bertz CT molecular complexity index is 795. The van der Waals surface area contributed by atoms with Crippen molar-refractivity contribution in [3.05, 3.63) is 17.1 Å². The number of hydrogen-bond donors (Lipinski definition) is 1. The van der Waals surface area contributed by atoms with Crippen molar-refractivity contribution >= 4 is 33.3 Å². The summed E-state index contributed by atoms with van der Waals surface area (Å²) in [6.45, 7) is 5.51. The Labute approximate surface area is 138 Å². The van der Waals surface area contributed by atoms with E-state index < -0.39 is 0 Å². The summed E-state index contributed by atoms with van der Waals surface area (Å²) in [4.78, 5) is 24.3.